The van der Waals surface area contributed by atoms with Gasteiger partial charge in [0.25, 0.3) is 0 Å². The van der Waals surface area contributed by atoms with Crippen LogP contribution < -0.4 is 29.6 Å². The summed E-state index contributed by atoms with van der Waals surface area (Å²) >= 11 is 0. The molecule has 0 spiro atoms. The van der Waals surface area contributed by atoms with Crippen molar-refractivity contribution in [2.45, 2.75) is 0 Å². The summed E-state index contributed by atoms with van der Waals surface area (Å²) in [5.41, 5.74) is 0. The SMILES string of the molecule is COCCOCCOC.F[P-](F)(F)(F)(F)F.[Na+]. The molecule has 0 atom stereocenters. The molecule has 0 aliphatic heterocycles. The average Bonchev–Trinajstić information content (AvgIpc) is 1.98. The predicted molar refractivity (Wildman–Crippen MR) is 48.1 cm³/mol. The first kappa shape index (κ1) is 23.0. The molecule has 0 aromatic heterocycles. The first-order valence-corrected chi connectivity index (χ1v) is 6.01. The third-order valence-corrected chi connectivity index (χ3v) is 0.864. The summed E-state index contributed by atoms with van der Waals surface area (Å²) in [5.74, 6) is 0. The number of hydrogen-bond acceptors (Lipinski definition) is 3. The van der Waals surface area contributed by atoms with Crippen molar-refractivity contribution in [2.75, 3.05) is 40.6 Å². The summed E-state index contributed by atoms with van der Waals surface area (Å²) in [5, 5.41) is 0. The summed E-state index contributed by atoms with van der Waals surface area (Å²) in [6.45, 7) is 2.62. The van der Waals surface area contributed by atoms with Crippen LogP contribution in [0.15, 0.2) is 0 Å². The molecule has 0 saturated heterocycles. The second-order valence-corrected chi connectivity index (χ2v) is 4.47. The quantitative estimate of drug-likeness (QED) is 0.313. The summed E-state index contributed by atoms with van der Waals surface area (Å²) in [6.07, 6.45) is 0. The van der Waals surface area contributed by atoms with Crippen molar-refractivity contribution in [2.24, 2.45) is 0 Å². The van der Waals surface area contributed by atoms with Crippen molar-refractivity contribution < 1.29 is 68.9 Å². The second kappa shape index (κ2) is 8.14. The fraction of sp³-hybridized carbons (Fsp3) is 1.00. The molecule has 0 aromatic rings. The van der Waals surface area contributed by atoms with Gasteiger partial charge in [0.1, 0.15) is 0 Å². The third kappa shape index (κ3) is 78.9. The molecule has 3 nitrogen and oxygen atoms in total. The van der Waals surface area contributed by atoms with E-state index in [4.69, 9.17) is 14.2 Å². The zero-order chi connectivity index (χ0) is 13.4. The maximum absolute atomic E-state index is 10.7. The maximum Gasteiger partial charge on any atom is 1.00 e. The van der Waals surface area contributed by atoms with Crippen LogP contribution in [0.25, 0.3) is 0 Å². The van der Waals surface area contributed by atoms with Gasteiger partial charge in [0.15, 0.2) is 0 Å². The van der Waals surface area contributed by atoms with E-state index in [1.165, 1.54) is 0 Å². The Hall–Kier alpha value is 0.890. The van der Waals surface area contributed by atoms with Crippen LogP contribution in [0.4, 0.5) is 25.2 Å². The molecule has 0 saturated carbocycles. The molecule has 0 unspecified atom stereocenters. The van der Waals surface area contributed by atoms with E-state index >= 15 is 0 Å². The standard InChI is InChI=1S/C6H14O3.F6P.Na/c1-7-3-5-9-6-4-8-2;1-7(2,3,4,5)6;/h3-6H2,1-2H3;;/q;-1;+1. The van der Waals surface area contributed by atoms with Gasteiger partial charge < -0.3 is 14.2 Å². The van der Waals surface area contributed by atoms with Gasteiger partial charge in [-0.1, -0.05) is 0 Å². The van der Waals surface area contributed by atoms with Gasteiger partial charge in [-0.15, -0.1) is 0 Å². The van der Waals surface area contributed by atoms with Crippen LogP contribution in [0.5, 0.6) is 0 Å². The zero-order valence-corrected chi connectivity index (χ0v) is 12.7. The summed E-state index contributed by atoms with van der Waals surface area (Å²) in [4.78, 5) is 0. The van der Waals surface area contributed by atoms with E-state index in [0.29, 0.717) is 26.4 Å². The van der Waals surface area contributed by atoms with Crippen LogP contribution in [-0.4, -0.2) is 40.6 Å². The van der Waals surface area contributed by atoms with E-state index in [2.05, 4.69) is 0 Å². The van der Waals surface area contributed by atoms with Crippen LogP contribution in [0, 0.1) is 0 Å². The monoisotopic (exact) mass is 302 g/mol. The molecule has 0 aliphatic carbocycles. The van der Waals surface area contributed by atoms with Gasteiger partial charge in [-0.25, -0.2) is 0 Å². The van der Waals surface area contributed by atoms with Gasteiger partial charge in [-0.05, 0) is 0 Å². The Morgan fingerprint density at radius 3 is 1.12 bits per heavy atom. The Morgan fingerprint density at radius 1 is 0.706 bits per heavy atom. The molecule has 0 aliphatic rings. The van der Waals surface area contributed by atoms with E-state index in [0.717, 1.165) is 0 Å². The van der Waals surface area contributed by atoms with Crippen LogP contribution in [0.2, 0.25) is 0 Å². The van der Waals surface area contributed by atoms with Gasteiger partial charge in [0.05, 0.1) is 26.4 Å². The van der Waals surface area contributed by atoms with Crippen molar-refractivity contribution in [3.8, 4) is 0 Å². The normalized spacial score (nSPS) is 14.8. The number of rotatable bonds is 6. The molecular formula is C6H14F6NaO3P. The smallest absolute Gasteiger partial charge is 1.00 e. The van der Waals surface area contributed by atoms with E-state index < -0.39 is 7.81 Å². The largest absolute Gasteiger partial charge is 1.00 e. The van der Waals surface area contributed by atoms with E-state index in [1.807, 2.05) is 0 Å². The molecule has 0 rings (SSSR count). The Kier molecular flexibility index (Phi) is 11.0. The molecule has 0 amide bonds. The zero-order valence-electron chi connectivity index (χ0n) is 9.77. The molecule has 0 fully saturated rings. The Balaban J connectivity index is -0.000000224. The van der Waals surface area contributed by atoms with Crippen molar-refractivity contribution >= 4 is 7.81 Å². The van der Waals surface area contributed by atoms with E-state index in [-0.39, 0.29) is 29.6 Å². The molecule has 17 heavy (non-hydrogen) atoms. The van der Waals surface area contributed by atoms with E-state index in [9.17, 15) is 25.2 Å². The van der Waals surface area contributed by atoms with Gasteiger partial charge >= 0.3 is 62.5 Å². The van der Waals surface area contributed by atoms with Gasteiger partial charge in [-0.3, -0.25) is 0 Å². The molecule has 0 radical (unpaired) electrons. The Bertz CT molecular complexity index is 165. The minimum atomic E-state index is -10.7. The second-order valence-electron chi connectivity index (χ2n) is 2.56. The average molecular weight is 302 g/mol. The fourth-order valence-electron chi connectivity index (χ4n) is 0.387. The summed E-state index contributed by atoms with van der Waals surface area (Å²) in [6, 6.07) is 0. The van der Waals surface area contributed by atoms with Gasteiger partial charge in [0.2, 0.25) is 0 Å². The molecule has 0 heterocycles. The molecular weight excluding hydrogens is 288 g/mol. The molecule has 11 heteroatoms. The Labute approximate surface area is 117 Å². The number of methoxy groups -OCH3 is 2. The molecule has 0 aromatic carbocycles. The minimum Gasteiger partial charge on any atom is 1.00 e. The van der Waals surface area contributed by atoms with Crippen LogP contribution >= 0.6 is 7.81 Å². The topological polar surface area (TPSA) is 27.7 Å². The third-order valence-electron chi connectivity index (χ3n) is 0.864. The number of ether oxygens (including phenoxy) is 3. The van der Waals surface area contributed by atoms with Crippen molar-refractivity contribution in [3.63, 3.8) is 0 Å². The van der Waals surface area contributed by atoms with Crippen molar-refractivity contribution in [1.29, 1.82) is 0 Å². The fourth-order valence-corrected chi connectivity index (χ4v) is 0.387. The predicted octanol–water partition coefficient (Wildman–Crippen LogP) is 0.682. The van der Waals surface area contributed by atoms with Crippen LogP contribution in [0.1, 0.15) is 0 Å². The first-order chi connectivity index (χ1) is 6.86. The Morgan fingerprint density at radius 2 is 0.941 bits per heavy atom. The van der Waals surface area contributed by atoms with Crippen LogP contribution in [-0.2, 0) is 14.2 Å². The molecule has 0 bridgehead atoms. The number of hydrogen-bond donors (Lipinski definition) is 0. The number of halogens is 6. The van der Waals surface area contributed by atoms with Gasteiger partial charge in [-0.2, -0.15) is 0 Å². The maximum atomic E-state index is 9.87. The summed E-state index contributed by atoms with van der Waals surface area (Å²) in [7, 11) is -7.35. The van der Waals surface area contributed by atoms with Crippen LogP contribution in [0.3, 0.4) is 0 Å². The van der Waals surface area contributed by atoms with Crippen molar-refractivity contribution in [1.82, 2.24) is 0 Å². The molecule has 0 N–H and O–H groups in total. The first-order valence-electron chi connectivity index (χ1n) is 3.99. The summed E-state index contributed by atoms with van der Waals surface area (Å²) < 4.78 is 73.8. The van der Waals surface area contributed by atoms with Crippen molar-refractivity contribution in [3.05, 3.63) is 0 Å². The van der Waals surface area contributed by atoms with Gasteiger partial charge in [0, 0.05) is 14.2 Å². The van der Waals surface area contributed by atoms with E-state index in [1.54, 1.807) is 14.2 Å². The molecule has 104 valence electrons. The minimum absolute atomic E-state index is 0.